The van der Waals surface area contributed by atoms with Gasteiger partial charge in [-0.2, -0.15) is 0 Å². The van der Waals surface area contributed by atoms with Gasteiger partial charge in [0.2, 0.25) is 0 Å². The molecule has 0 atom stereocenters. The first-order valence-electron chi connectivity index (χ1n) is 6.65. The van der Waals surface area contributed by atoms with Crippen LogP contribution in [0.1, 0.15) is 39.5 Å². The van der Waals surface area contributed by atoms with E-state index >= 15 is 0 Å². The molecule has 0 aromatic rings. The van der Waals surface area contributed by atoms with Crippen LogP contribution in [0.5, 0.6) is 0 Å². The summed E-state index contributed by atoms with van der Waals surface area (Å²) in [5, 5.41) is 0. The van der Waals surface area contributed by atoms with Crippen molar-refractivity contribution in [2.75, 3.05) is 23.0 Å². The zero-order valence-electron chi connectivity index (χ0n) is 10.9. The van der Waals surface area contributed by atoms with Crippen molar-refractivity contribution in [3.63, 3.8) is 0 Å². The van der Waals surface area contributed by atoms with Crippen LogP contribution in [-0.2, 0) is 0 Å². The first kappa shape index (κ1) is 14.8. The monoisotopic (exact) mass is 308 g/mol. The average molecular weight is 309 g/mol. The van der Waals surface area contributed by atoms with Crippen molar-refractivity contribution in [2.24, 2.45) is 5.41 Å². The lowest BCUT2D eigenvalue weighted by atomic mass is 9.90. The highest BCUT2D eigenvalue weighted by Gasteiger charge is 2.32. The second kappa shape index (κ2) is 7.25. The highest BCUT2D eigenvalue weighted by molar-refractivity contribution is 8.18. The van der Waals surface area contributed by atoms with E-state index in [0.717, 1.165) is 9.16 Å². The molecule has 0 unspecified atom stereocenters. The van der Waals surface area contributed by atoms with Crippen LogP contribution in [-0.4, -0.2) is 32.2 Å². The number of hydrogen-bond donors (Lipinski definition) is 0. The summed E-state index contributed by atoms with van der Waals surface area (Å²) in [4.78, 5) is 0. The fourth-order valence-electron chi connectivity index (χ4n) is 2.25. The summed E-state index contributed by atoms with van der Waals surface area (Å²) in [6.45, 7) is 4.97. The number of rotatable bonds is 4. The summed E-state index contributed by atoms with van der Waals surface area (Å²) in [5.41, 5.74) is 0.522. The van der Waals surface area contributed by atoms with E-state index in [4.69, 9.17) is 0 Å². The molecule has 17 heavy (non-hydrogen) atoms. The fraction of sp³-hybridized carbons (Fsp3) is 1.00. The molecule has 0 aromatic carbocycles. The maximum absolute atomic E-state index is 2.49. The van der Waals surface area contributed by atoms with E-state index < -0.39 is 0 Å². The van der Waals surface area contributed by atoms with Crippen molar-refractivity contribution in [1.82, 2.24) is 0 Å². The Labute approximate surface area is 124 Å². The first-order chi connectivity index (χ1) is 8.18. The van der Waals surface area contributed by atoms with Crippen molar-refractivity contribution < 1.29 is 0 Å². The molecule has 0 spiro atoms. The van der Waals surface area contributed by atoms with Crippen molar-refractivity contribution in [3.05, 3.63) is 0 Å². The van der Waals surface area contributed by atoms with Gasteiger partial charge in [-0.05, 0) is 54.1 Å². The fourth-order valence-corrected chi connectivity index (χ4v) is 8.44. The molecule has 2 aliphatic heterocycles. The van der Waals surface area contributed by atoms with Crippen LogP contribution in [0.4, 0.5) is 0 Å². The maximum Gasteiger partial charge on any atom is 0.0553 e. The normalized spacial score (nSPS) is 25.1. The average Bonchev–Trinajstić information content (AvgIpc) is 2.39. The van der Waals surface area contributed by atoms with E-state index in [1.54, 1.807) is 0 Å². The molecule has 2 saturated heterocycles. The highest BCUT2D eigenvalue weighted by atomic mass is 32.2. The quantitative estimate of drug-likeness (QED) is 0.701. The second-order valence-electron chi connectivity index (χ2n) is 5.48. The van der Waals surface area contributed by atoms with Gasteiger partial charge < -0.3 is 0 Å². The standard InChI is InChI=1S/C13H24S4/c1-13(2,12-16-9-4-10-17-12)6-5-11-14-7-3-8-15-11/h11-12H,3-10H2,1-2H3. The summed E-state index contributed by atoms with van der Waals surface area (Å²) < 4.78 is 1.73. The van der Waals surface area contributed by atoms with Crippen molar-refractivity contribution in [3.8, 4) is 0 Å². The van der Waals surface area contributed by atoms with E-state index in [1.165, 1.54) is 48.7 Å². The minimum atomic E-state index is 0.522. The third-order valence-electron chi connectivity index (χ3n) is 3.39. The Bertz CT molecular complexity index is 217. The summed E-state index contributed by atoms with van der Waals surface area (Å²) >= 11 is 8.81. The molecule has 0 bridgehead atoms. The molecule has 4 heteroatoms. The van der Waals surface area contributed by atoms with E-state index in [1.807, 2.05) is 0 Å². The second-order valence-corrected chi connectivity index (χ2v) is 11.1. The van der Waals surface area contributed by atoms with Crippen LogP contribution in [0.25, 0.3) is 0 Å². The summed E-state index contributed by atoms with van der Waals surface area (Å²) in [6.07, 6.45) is 5.65. The van der Waals surface area contributed by atoms with Gasteiger partial charge in [0.25, 0.3) is 0 Å². The molecule has 0 aliphatic carbocycles. The Kier molecular flexibility index (Phi) is 6.32. The number of thioether (sulfide) groups is 4. The molecule has 2 rings (SSSR count). The van der Waals surface area contributed by atoms with Crippen molar-refractivity contribution in [1.29, 1.82) is 0 Å². The minimum absolute atomic E-state index is 0.522. The molecule has 0 saturated carbocycles. The lowest BCUT2D eigenvalue weighted by Gasteiger charge is -2.37. The van der Waals surface area contributed by atoms with Crippen LogP contribution >= 0.6 is 47.0 Å². The molecule has 2 heterocycles. The van der Waals surface area contributed by atoms with Crippen LogP contribution < -0.4 is 0 Å². The SMILES string of the molecule is CC(C)(CCC1SCCCS1)C1SCCCS1. The van der Waals surface area contributed by atoms with Gasteiger partial charge in [0, 0.05) is 0 Å². The molecule has 2 fully saturated rings. The molecule has 100 valence electrons. The van der Waals surface area contributed by atoms with Gasteiger partial charge >= 0.3 is 0 Å². The predicted molar refractivity (Wildman–Crippen MR) is 89.7 cm³/mol. The van der Waals surface area contributed by atoms with Gasteiger partial charge in [-0.3, -0.25) is 0 Å². The Morgan fingerprint density at radius 1 is 0.882 bits per heavy atom. The Balaban J connectivity index is 1.75. The largest absolute Gasteiger partial charge is 0.148 e. The lowest BCUT2D eigenvalue weighted by molar-refractivity contribution is 0.364. The molecule has 0 radical (unpaired) electrons. The van der Waals surface area contributed by atoms with Crippen LogP contribution in [0.15, 0.2) is 0 Å². The topological polar surface area (TPSA) is 0 Å². The molecular formula is C13H24S4. The van der Waals surface area contributed by atoms with Crippen LogP contribution in [0, 0.1) is 5.41 Å². The molecule has 0 amide bonds. The van der Waals surface area contributed by atoms with E-state index in [0.29, 0.717) is 5.41 Å². The van der Waals surface area contributed by atoms with Gasteiger partial charge in [0.15, 0.2) is 0 Å². The van der Waals surface area contributed by atoms with Gasteiger partial charge in [0.05, 0.1) is 9.16 Å². The van der Waals surface area contributed by atoms with Crippen LogP contribution in [0.3, 0.4) is 0 Å². The third kappa shape index (κ3) is 4.77. The Hall–Kier alpha value is 1.40. The summed E-state index contributed by atoms with van der Waals surface area (Å²) in [6, 6.07) is 0. The maximum atomic E-state index is 2.49. The Morgan fingerprint density at radius 3 is 2.00 bits per heavy atom. The van der Waals surface area contributed by atoms with E-state index in [-0.39, 0.29) is 0 Å². The Morgan fingerprint density at radius 2 is 1.41 bits per heavy atom. The lowest BCUT2D eigenvalue weighted by Crippen LogP contribution is -2.28. The smallest absolute Gasteiger partial charge is 0.0553 e. The van der Waals surface area contributed by atoms with Crippen molar-refractivity contribution in [2.45, 2.75) is 48.7 Å². The molecular weight excluding hydrogens is 284 g/mol. The summed E-state index contributed by atoms with van der Waals surface area (Å²) in [7, 11) is 0. The highest BCUT2D eigenvalue weighted by Crippen LogP contribution is 2.46. The molecule has 0 nitrogen and oxygen atoms in total. The molecule has 0 N–H and O–H groups in total. The molecule has 0 aromatic heterocycles. The zero-order valence-corrected chi connectivity index (χ0v) is 14.2. The zero-order chi connectivity index (χ0) is 12.1. The van der Waals surface area contributed by atoms with E-state index in [9.17, 15) is 0 Å². The molecule has 2 aliphatic rings. The van der Waals surface area contributed by atoms with Crippen LogP contribution in [0.2, 0.25) is 0 Å². The van der Waals surface area contributed by atoms with Gasteiger partial charge in [-0.25, -0.2) is 0 Å². The first-order valence-corrected chi connectivity index (χ1v) is 10.8. The predicted octanol–water partition coefficient (Wildman–Crippen LogP) is 5.19. The minimum Gasteiger partial charge on any atom is -0.148 e. The van der Waals surface area contributed by atoms with Crippen molar-refractivity contribution >= 4 is 47.0 Å². The van der Waals surface area contributed by atoms with Gasteiger partial charge in [0.1, 0.15) is 0 Å². The summed E-state index contributed by atoms with van der Waals surface area (Å²) in [5.74, 6) is 5.55. The third-order valence-corrected chi connectivity index (χ3v) is 10.2. The number of hydrogen-bond acceptors (Lipinski definition) is 4. The van der Waals surface area contributed by atoms with E-state index in [2.05, 4.69) is 60.9 Å². The van der Waals surface area contributed by atoms with Gasteiger partial charge in [-0.1, -0.05) is 13.8 Å². The van der Waals surface area contributed by atoms with Gasteiger partial charge in [-0.15, -0.1) is 47.0 Å².